The van der Waals surface area contributed by atoms with Gasteiger partial charge < -0.3 is 4.42 Å². The van der Waals surface area contributed by atoms with Crippen LogP contribution in [0.3, 0.4) is 0 Å². The van der Waals surface area contributed by atoms with Gasteiger partial charge in [-0.3, -0.25) is 0 Å². The van der Waals surface area contributed by atoms with Crippen LogP contribution in [0.4, 0.5) is 0 Å². The van der Waals surface area contributed by atoms with Crippen LogP contribution >= 0.6 is 11.3 Å². The highest BCUT2D eigenvalue weighted by molar-refractivity contribution is 7.26. The van der Waals surface area contributed by atoms with Crippen LogP contribution in [0.15, 0.2) is 192 Å². The number of fused-ring (bicyclic) bond motifs is 6. The fourth-order valence-corrected chi connectivity index (χ4v) is 8.97. The Labute approximate surface area is 327 Å². The summed E-state index contributed by atoms with van der Waals surface area (Å²) < 4.78 is 9.23. The van der Waals surface area contributed by atoms with Gasteiger partial charge in [-0.1, -0.05) is 152 Å². The fourth-order valence-electron chi connectivity index (χ4n) is 7.73. The number of rotatable bonds is 6. The number of thiophene rings is 1. The van der Waals surface area contributed by atoms with Gasteiger partial charge >= 0.3 is 0 Å². The van der Waals surface area contributed by atoms with E-state index in [1.165, 1.54) is 36.9 Å². The molecule has 4 nitrogen and oxygen atoms in total. The predicted molar refractivity (Wildman–Crippen MR) is 233 cm³/mol. The molecule has 0 aliphatic carbocycles. The molecule has 0 fully saturated rings. The standard InChI is InChI=1S/C51H31N3OS/c1-3-11-32(12-4-1)33-21-23-35(24-22-33)50-52-49(34-13-5-2-6-14-34)53-51(54-50)39-26-28-42-41-27-25-37(30-45(41)55-46(42)31-39)36-15-9-16-38(29-36)40-18-10-19-44-43-17-7-8-20-47(43)56-48(40)44/h1-31H. The normalized spacial score (nSPS) is 11.6. The van der Waals surface area contributed by atoms with Gasteiger partial charge in [-0.05, 0) is 69.8 Å². The molecule has 0 bridgehead atoms. The summed E-state index contributed by atoms with van der Waals surface area (Å²) in [5.41, 5.74) is 11.4. The van der Waals surface area contributed by atoms with Gasteiger partial charge in [-0.15, -0.1) is 11.3 Å². The van der Waals surface area contributed by atoms with Gasteiger partial charge in [0.1, 0.15) is 11.2 Å². The van der Waals surface area contributed by atoms with Gasteiger partial charge in [0.05, 0.1) is 0 Å². The predicted octanol–water partition coefficient (Wildman–Crippen LogP) is 14.1. The van der Waals surface area contributed by atoms with Crippen molar-refractivity contribution in [1.29, 1.82) is 0 Å². The Morgan fingerprint density at radius 2 is 0.804 bits per heavy atom. The van der Waals surface area contributed by atoms with Crippen LogP contribution in [0.25, 0.3) is 110 Å². The highest BCUT2D eigenvalue weighted by Gasteiger charge is 2.16. The first kappa shape index (κ1) is 32.2. The lowest BCUT2D eigenvalue weighted by Crippen LogP contribution is -2.00. The van der Waals surface area contributed by atoms with Gasteiger partial charge in [0.15, 0.2) is 17.5 Å². The Kier molecular flexibility index (Phi) is 7.64. The van der Waals surface area contributed by atoms with Crippen molar-refractivity contribution in [1.82, 2.24) is 15.0 Å². The first-order chi connectivity index (χ1) is 27.7. The quantitative estimate of drug-likeness (QED) is 0.171. The maximum Gasteiger partial charge on any atom is 0.164 e. The molecule has 8 aromatic carbocycles. The molecule has 0 radical (unpaired) electrons. The molecule has 0 saturated heterocycles. The number of aromatic nitrogens is 3. The molecule has 0 N–H and O–H groups in total. The minimum absolute atomic E-state index is 0.592. The first-order valence-electron chi connectivity index (χ1n) is 18.7. The summed E-state index contributed by atoms with van der Waals surface area (Å²) in [5.74, 6) is 1.83. The smallest absolute Gasteiger partial charge is 0.164 e. The van der Waals surface area contributed by atoms with Gasteiger partial charge in [0.25, 0.3) is 0 Å². The van der Waals surface area contributed by atoms with E-state index in [9.17, 15) is 0 Å². The molecule has 11 aromatic rings. The van der Waals surface area contributed by atoms with Crippen molar-refractivity contribution in [2.24, 2.45) is 0 Å². The average molecular weight is 734 g/mol. The lowest BCUT2D eigenvalue weighted by atomic mass is 9.97. The van der Waals surface area contributed by atoms with Crippen LogP contribution in [0, 0.1) is 0 Å². The Hall–Kier alpha value is -7.21. The average Bonchev–Trinajstić information content (AvgIpc) is 3.85. The third-order valence-electron chi connectivity index (χ3n) is 10.6. The minimum Gasteiger partial charge on any atom is -0.456 e. The monoisotopic (exact) mass is 733 g/mol. The van der Waals surface area contributed by atoms with Crippen molar-refractivity contribution in [3.63, 3.8) is 0 Å². The van der Waals surface area contributed by atoms with Gasteiger partial charge in [-0.2, -0.15) is 0 Å². The summed E-state index contributed by atoms with van der Waals surface area (Å²) >= 11 is 1.86. The van der Waals surface area contributed by atoms with E-state index >= 15 is 0 Å². The zero-order valence-electron chi connectivity index (χ0n) is 30.1. The highest BCUT2D eigenvalue weighted by atomic mass is 32.1. The van der Waals surface area contributed by atoms with Crippen molar-refractivity contribution in [2.75, 3.05) is 0 Å². The van der Waals surface area contributed by atoms with Gasteiger partial charge in [0.2, 0.25) is 0 Å². The zero-order chi connectivity index (χ0) is 37.0. The summed E-state index contributed by atoms with van der Waals surface area (Å²) in [5, 5.41) is 4.74. The van der Waals surface area contributed by atoms with Crippen molar-refractivity contribution in [3.05, 3.63) is 188 Å². The Morgan fingerprint density at radius 3 is 1.55 bits per heavy atom. The van der Waals surface area contributed by atoms with E-state index in [1.807, 2.05) is 53.8 Å². The molecule has 0 amide bonds. The third-order valence-corrected chi connectivity index (χ3v) is 11.8. The van der Waals surface area contributed by atoms with Crippen LogP contribution in [-0.4, -0.2) is 15.0 Å². The van der Waals surface area contributed by atoms with E-state index in [2.05, 4.69) is 146 Å². The summed E-state index contributed by atoms with van der Waals surface area (Å²) in [4.78, 5) is 14.9. The molecule has 0 spiro atoms. The summed E-state index contributed by atoms with van der Waals surface area (Å²) in [6.07, 6.45) is 0. The maximum atomic E-state index is 6.60. The Morgan fingerprint density at radius 1 is 0.321 bits per heavy atom. The van der Waals surface area contributed by atoms with Gasteiger partial charge in [-0.25, -0.2) is 15.0 Å². The van der Waals surface area contributed by atoms with Crippen LogP contribution in [-0.2, 0) is 0 Å². The van der Waals surface area contributed by atoms with Gasteiger partial charge in [0, 0.05) is 47.6 Å². The number of nitrogens with zero attached hydrogens (tertiary/aromatic N) is 3. The maximum absolute atomic E-state index is 6.60. The molecule has 0 unspecified atom stereocenters. The Balaban J connectivity index is 0.965. The van der Waals surface area contributed by atoms with Crippen LogP contribution in [0.1, 0.15) is 0 Å². The molecule has 0 saturated carbocycles. The zero-order valence-corrected chi connectivity index (χ0v) is 30.9. The molecule has 5 heteroatoms. The fraction of sp³-hybridized carbons (Fsp3) is 0. The van der Waals surface area contributed by atoms with Crippen LogP contribution in [0.5, 0.6) is 0 Å². The lowest BCUT2D eigenvalue weighted by molar-refractivity contribution is 0.669. The molecule has 0 atom stereocenters. The first-order valence-corrected chi connectivity index (χ1v) is 19.5. The molecule has 0 aliphatic rings. The molecular formula is C51H31N3OS. The van der Waals surface area contributed by atoms with Crippen molar-refractivity contribution in [3.8, 4) is 67.5 Å². The second-order valence-corrected chi connectivity index (χ2v) is 15.1. The minimum atomic E-state index is 0.592. The molecular weight excluding hydrogens is 703 g/mol. The Bertz CT molecular complexity index is 3240. The van der Waals surface area contributed by atoms with E-state index in [4.69, 9.17) is 19.4 Å². The summed E-state index contributed by atoms with van der Waals surface area (Å²) in [7, 11) is 0. The van der Waals surface area contributed by atoms with Crippen molar-refractivity contribution < 1.29 is 4.42 Å². The SMILES string of the molecule is c1ccc(-c2ccc(-c3nc(-c4ccccc4)nc(-c4ccc5c(c4)oc4cc(-c6cccc(-c7cccc8c7sc7ccccc78)c6)ccc45)n3)cc2)cc1. The molecule has 0 aliphatic heterocycles. The van der Waals surface area contributed by atoms with E-state index in [0.29, 0.717) is 17.5 Å². The van der Waals surface area contributed by atoms with Crippen LogP contribution in [0.2, 0.25) is 0 Å². The summed E-state index contributed by atoms with van der Waals surface area (Å²) in [6.45, 7) is 0. The number of furan rings is 1. The molecule has 3 aromatic heterocycles. The second-order valence-electron chi connectivity index (χ2n) is 14.0. The van der Waals surface area contributed by atoms with Crippen molar-refractivity contribution in [2.45, 2.75) is 0 Å². The van der Waals surface area contributed by atoms with E-state index in [-0.39, 0.29) is 0 Å². The van der Waals surface area contributed by atoms with Crippen molar-refractivity contribution >= 4 is 53.4 Å². The molecule has 11 rings (SSSR count). The number of hydrogen-bond acceptors (Lipinski definition) is 5. The molecule has 262 valence electrons. The summed E-state index contributed by atoms with van der Waals surface area (Å²) in [6, 6.07) is 65.7. The van der Waals surface area contributed by atoms with E-state index in [1.54, 1.807) is 0 Å². The lowest BCUT2D eigenvalue weighted by Gasteiger charge is -2.09. The largest absolute Gasteiger partial charge is 0.456 e. The second kappa shape index (κ2) is 13.3. The van der Waals surface area contributed by atoms with Crippen LogP contribution < -0.4 is 0 Å². The molecule has 56 heavy (non-hydrogen) atoms. The van der Waals surface area contributed by atoms with E-state index < -0.39 is 0 Å². The number of hydrogen-bond donors (Lipinski definition) is 0. The molecule has 3 heterocycles. The highest BCUT2D eigenvalue weighted by Crippen LogP contribution is 2.41. The number of benzene rings is 8. The topological polar surface area (TPSA) is 51.8 Å². The third kappa shape index (κ3) is 5.65. The van der Waals surface area contributed by atoms with E-state index in [0.717, 1.165) is 55.3 Å².